The number of hydrogen-bond acceptors (Lipinski definition) is 7. The van der Waals surface area contributed by atoms with Gasteiger partial charge in [0.15, 0.2) is 12.8 Å². The SMILES string of the molecule is CCCn1c(N)c(C(=O)COC(=O)c2cccc[n+]2[O-])c(=O)n(C)c1=O. The standard InChI is InChI=1S/C16H18N4O6/c1-3-7-19-13(17)12(14(22)18(2)16(19)24)11(21)9-26-15(23)10-6-4-5-8-20(10)25/h4-6,8H,3,7,9,17H2,1-2H3. The molecule has 2 rings (SSSR count). The predicted molar refractivity (Wildman–Crippen MR) is 90.7 cm³/mol. The van der Waals surface area contributed by atoms with Gasteiger partial charge in [0, 0.05) is 25.7 Å². The van der Waals surface area contributed by atoms with Crippen molar-refractivity contribution in [2.24, 2.45) is 7.05 Å². The van der Waals surface area contributed by atoms with Crippen molar-refractivity contribution in [3.8, 4) is 0 Å². The third-order valence-electron chi connectivity index (χ3n) is 3.68. The summed E-state index contributed by atoms with van der Waals surface area (Å²) >= 11 is 0. The van der Waals surface area contributed by atoms with E-state index in [4.69, 9.17) is 10.5 Å². The predicted octanol–water partition coefficient (Wildman–Crippen LogP) is -0.788. The summed E-state index contributed by atoms with van der Waals surface area (Å²) in [4.78, 5) is 48.6. The second-order valence-electron chi connectivity index (χ2n) is 5.47. The average Bonchev–Trinajstić information content (AvgIpc) is 2.62. The Morgan fingerprint density at radius 2 is 2.00 bits per heavy atom. The van der Waals surface area contributed by atoms with Crippen LogP contribution in [0.3, 0.4) is 0 Å². The van der Waals surface area contributed by atoms with Crippen LogP contribution in [0.2, 0.25) is 0 Å². The molecule has 0 atom stereocenters. The zero-order chi connectivity index (χ0) is 19.4. The van der Waals surface area contributed by atoms with Gasteiger partial charge in [0.1, 0.15) is 11.4 Å². The summed E-state index contributed by atoms with van der Waals surface area (Å²) < 4.78 is 6.98. The summed E-state index contributed by atoms with van der Waals surface area (Å²) in [5, 5.41) is 11.5. The number of esters is 1. The van der Waals surface area contributed by atoms with Crippen LogP contribution < -0.4 is 21.7 Å². The first-order valence-corrected chi connectivity index (χ1v) is 7.77. The lowest BCUT2D eigenvalue weighted by atomic mass is 10.2. The molecule has 2 aromatic heterocycles. The quantitative estimate of drug-likeness (QED) is 0.307. The summed E-state index contributed by atoms with van der Waals surface area (Å²) in [5.74, 6) is -2.17. The molecule has 0 aromatic carbocycles. The Morgan fingerprint density at radius 3 is 2.62 bits per heavy atom. The molecule has 0 saturated heterocycles. The maximum absolute atomic E-state index is 12.4. The number of rotatable bonds is 6. The molecule has 0 aliphatic rings. The van der Waals surface area contributed by atoms with Crippen LogP contribution in [-0.4, -0.2) is 27.5 Å². The molecule has 2 heterocycles. The fraction of sp³-hybridized carbons (Fsp3) is 0.312. The van der Waals surface area contributed by atoms with Crippen molar-refractivity contribution in [1.29, 1.82) is 0 Å². The zero-order valence-electron chi connectivity index (χ0n) is 14.3. The van der Waals surface area contributed by atoms with E-state index in [1.54, 1.807) is 6.92 Å². The Hall–Kier alpha value is -3.43. The van der Waals surface area contributed by atoms with Gasteiger partial charge in [0.25, 0.3) is 5.56 Å². The number of ketones is 1. The van der Waals surface area contributed by atoms with Crippen LogP contribution in [0.15, 0.2) is 34.0 Å². The highest BCUT2D eigenvalue weighted by molar-refractivity contribution is 6.01. The van der Waals surface area contributed by atoms with Crippen molar-refractivity contribution in [2.75, 3.05) is 12.3 Å². The molecule has 0 bridgehead atoms. The maximum atomic E-state index is 12.4. The van der Waals surface area contributed by atoms with Crippen molar-refractivity contribution in [1.82, 2.24) is 9.13 Å². The number of Topliss-reactive ketones (excluding diaryl/α,β-unsaturated/α-hetero) is 1. The number of ether oxygens (including phenoxy) is 1. The van der Waals surface area contributed by atoms with E-state index in [1.807, 2.05) is 0 Å². The third-order valence-corrected chi connectivity index (χ3v) is 3.68. The zero-order valence-corrected chi connectivity index (χ0v) is 14.3. The molecule has 10 heteroatoms. The number of anilines is 1. The molecular weight excluding hydrogens is 344 g/mol. The van der Waals surface area contributed by atoms with E-state index < -0.39 is 35.2 Å². The molecule has 0 unspecified atom stereocenters. The number of aromatic nitrogens is 3. The smallest absolute Gasteiger partial charge is 0.405 e. The lowest BCUT2D eigenvalue weighted by Crippen LogP contribution is -2.43. The van der Waals surface area contributed by atoms with Crippen molar-refractivity contribution in [2.45, 2.75) is 19.9 Å². The number of carbonyl (C=O) groups excluding carboxylic acids is 2. The molecule has 138 valence electrons. The molecule has 26 heavy (non-hydrogen) atoms. The van der Waals surface area contributed by atoms with Crippen LogP contribution in [0.1, 0.15) is 34.2 Å². The Morgan fingerprint density at radius 1 is 1.31 bits per heavy atom. The molecule has 2 aromatic rings. The van der Waals surface area contributed by atoms with Gasteiger partial charge in [0.2, 0.25) is 5.78 Å². The van der Waals surface area contributed by atoms with Crippen LogP contribution in [0.4, 0.5) is 5.82 Å². The highest BCUT2D eigenvalue weighted by atomic mass is 16.5. The third kappa shape index (κ3) is 3.48. The molecule has 0 amide bonds. The molecule has 0 aliphatic carbocycles. The molecule has 0 aliphatic heterocycles. The van der Waals surface area contributed by atoms with Gasteiger partial charge >= 0.3 is 17.4 Å². The number of carbonyl (C=O) groups is 2. The van der Waals surface area contributed by atoms with E-state index in [2.05, 4.69) is 0 Å². The normalized spacial score (nSPS) is 10.5. The highest BCUT2D eigenvalue weighted by Gasteiger charge is 2.24. The van der Waals surface area contributed by atoms with Gasteiger partial charge in [-0.1, -0.05) is 6.92 Å². The molecule has 2 N–H and O–H groups in total. The van der Waals surface area contributed by atoms with Gasteiger partial charge in [-0.3, -0.25) is 18.7 Å². The van der Waals surface area contributed by atoms with Crippen LogP contribution in [0, 0.1) is 5.21 Å². The maximum Gasteiger partial charge on any atom is 0.405 e. The van der Waals surface area contributed by atoms with Crippen LogP contribution >= 0.6 is 0 Å². The summed E-state index contributed by atoms with van der Waals surface area (Å²) in [6, 6.07) is 4.12. The first kappa shape index (κ1) is 18.9. The minimum Gasteiger partial charge on any atom is -0.618 e. The van der Waals surface area contributed by atoms with Crippen LogP contribution in [-0.2, 0) is 18.3 Å². The second-order valence-corrected chi connectivity index (χ2v) is 5.47. The van der Waals surface area contributed by atoms with Crippen molar-refractivity contribution >= 4 is 17.6 Å². The van der Waals surface area contributed by atoms with Gasteiger partial charge in [-0.15, -0.1) is 0 Å². The number of nitrogen functional groups attached to an aromatic ring is 1. The highest BCUT2D eigenvalue weighted by Crippen LogP contribution is 2.07. The van der Waals surface area contributed by atoms with E-state index >= 15 is 0 Å². The van der Waals surface area contributed by atoms with E-state index in [0.29, 0.717) is 11.2 Å². The summed E-state index contributed by atoms with van der Waals surface area (Å²) in [6.07, 6.45) is 1.66. The van der Waals surface area contributed by atoms with E-state index in [-0.39, 0.29) is 18.1 Å². The topological polar surface area (TPSA) is 140 Å². The number of hydrogen-bond donors (Lipinski definition) is 1. The molecular formula is C16H18N4O6. The van der Waals surface area contributed by atoms with Gasteiger partial charge < -0.3 is 15.7 Å². The Kier molecular flexibility index (Phi) is 5.55. The van der Waals surface area contributed by atoms with Gasteiger partial charge in [-0.25, -0.2) is 9.59 Å². The Labute approximate surface area is 147 Å². The summed E-state index contributed by atoms with van der Waals surface area (Å²) in [6.45, 7) is 1.23. The van der Waals surface area contributed by atoms with Crippen molar-refractivity contribution < 1.29 is 19.1 Å². The van der Waals surface area contributed by atoms with Crippen molar-refractivity contribution in [3.05, 3.63) is 61.7 Å². The molecule has 0 radical (unpaired) electrons. The van der Waals surface area contributed by atoms with Crippen molar-refractivity contribution in [3.63, 3.8) is 0 Å². The van der Waals surface area contributed by atoms with Crippen LogP contribution in [0.5, 0.6) is 0 Å². The van der Waals surface area contributed by atoms with E-state index in [0.717, 1.165) is 15.3 Å². The first-order valence-electron chi connectivity index (χ1n) is 7.77. The molecule has 0 spiro atoms. The molecule has 0 saturated carbocycles. The second kappa shape index (κ2) is 7.64. The number of pyridine rings is 1. The monoisotopic (exact) mass is 362 g/mol. The first-order chi connectivity index (χ1) is 12.3. The number of nitrogens with two attached hydrogens (primary N) is 1. The summed E-state index contributed by atoms with van der Waals surface area (Å²) in [5.41, 5.74) is 3.56. The minimum atomic E-state index is -1.02. The molecule has 0 fully saturated rings. The van der Waals surface area contributed by atoms with Gasteiger partial charge in [0.05, 0.1) is 0 Å². The average molecular weight is 362 g/mol. The minimum absolute atomic E-state index is 0.221. The number of nitrogens with zero attached hydrogens (tertiary/aromatic N) is 3. The van der Waals surface area contributed by atoms with Gasteiger partial charge in [-0.2, -0.15) is 4.73 Å². The molecule has 10 nitrogen and oxygen atoms in total. The van der Waals surface area contributed by atoms with Gasteiger partial charge in [-0.05, 0) is 12.5 Å². The largest absolute Gasteiger partial charge is 0.618 e. The Balaban J connectivity index is 2.30. The lowest BCUT2D eigenvalue weighted by Gasteiger charge is -2.13. The lowest BCUT2D eigenvalue weighted by molar-refractivity contribution is -0.608. The van der Waals surface area contributed by atoms with Crippen LogP contribution in [0.25, 0.3) is 0 Å². The van der Waals surface area contributed by atoms with E-state index in [1.165, 1.54) is 25.2 Å². The summed E-state index contributed by atoms with van der Waals surface area (Å²) in [7, 11) is 1.23. The fourth-order valence-electron chi connectivity index (χ4n) is 2.35. The van der Waals surface area contributed by atoms with E-state index in [9.17, 15) is 24.4 Å². The Bertz CT molecular complexity index is 976. The fourth-order valence-corrected chi connectivity index (χ4v) is 2.35.